The summed E-state index contributed by atoms with van der Waals surface area (Å²) in [6.45, 7) is 0. The minimum absolute atomic E-state index is 0.920. The molecule has 9 atom stereocenters. The first-order valence-corrected chi connectivity index (χ1v) is 56.3. The van der Waals surface area contributed by atoms with Crippen LogP contribution < -0.4 is 0 Å². The Balaban J connectivity index is 0.000000129. The van der Waals surface area contributed by atoms with E-state index in [1.807, 2.05) is 0 Å². The maximum Gasteiger partial charge on any atom is 0.0260 e. The molecule has 87 heavy (non-hydrogen) atoms. The van der Waals surface area contributed by atoms with Crippen LogP contribution in [-0.2, 0) is 0 Å². The van der Waals surface area contributed by atoms with Crippen LogP contribution in [0.1, 0.15) is 141 Å². The molecule has 0 spiro atoms. The molecule has 0 nitrogen and oxygen atoms in total. The van der Waals surface area contributed by atoms with Gasteiger partial charge in [-0.1, -0.05) is 0 Å². The molecule has 0 N–H and O–H groups in total. The van der Waals surface area contributed by atoms with Gasteiger partial charge in [0.15, 0.2) is 0 Å². The highest BCUT2D eigenvalue weighted by Crippen LogP contribution is 2.46. The topological polar surface area (TPSA) is 0 Å². The summed E-state index contributed by atoms with van der Waals surface area (Å²) in [6.07, 6.45) is 33.1. The molecule has 0 amide bonds. The molecule has 4 aliphatic heterocycles. The maximum absolute atomic E-state index is 2.40. The minimum Gasteiger partial charge on any atom is -0.162 e. The standard InChI is InChI=1S/C20H34S5.C18H32S6.C16H28S4.C14H24S4/c1-2-15(1)11-21-9-8-19-20(14-22-12-16-3-4-16)25-18(13-24-19)7-10-23-17-5-6-17;1-2-15(1)9-19-5-7-21-11-17-13-24-18(14-23-17)12-22-8-6-20-10-16-3-4-16;1-2-13(1)9-17-7-5-15-11-20-16(12-19-15)6-8-18-10-14-3-4-14;1-2-11(1)5-15-7-13-9-18-14(10-17-13)8-16-6-12-3-4-12/h15-20H,1-14H2;15-18H,1-14H2;13-16H,1-12H2;11-14H,1-10H2. The molecular weight excluding hydrogens is 1430 g/mol. The molecule has 13 rings (SSSR count). The summed E-state index contributed by atoms with van der Waals surface area (Å²) in [7, 11) is 0. The molecule has 9 unspecified atom stereocenters. The Morgan fingerprint density at radius 3 is 0.828 bits per heavy atom. The van der Waals surface area contributed by atoms with Crippen LogP contribution in [0, 0.1) is 47.3 Å². The Kier molecular flexibility index (Phi) is 40.6. The molecule has 0 aromatic heterocycles. The zero-order valence-electron chi connectivity index (χ0n) is 53.5. The molecule has 0 radical (unpaired) electrons. The number of rotatable bonds is 45. The fraction of sp³-hybridized carbons (Fsp3) is 1.00. The van der Waals surface area contributed by atoms with E-state index in [0.29, 0.717) is 0 Å². The first kappa shape index (κ1) is 76.3. The third-order valence-electron chi connectivity index (χ3n) is 18.1. The molecule has 4 heterocycles. The lowest BCUT2D eigenvalue weighted by Crippen LogP contribution is -2.33. The zero-order valence-corrected chi connectivity index (χ0v) is 69.0. The molecule has 0 aromatic rings. The zero-order chi connectivity index (χ0) is 59.2. The summed E-state index contributed by atoms with van der Waals surface area (Å²) in [6, 6.07) is 0. The van der Waals surface area contributed by atoms with E-state index < -0.39 is 0 Å². The van der Waals surface area contributed by atoms with E-state index in [0.717, 1.165) is 99.8 Å². The molecule has 504 valence electrons. The average Bonchev–Trinajstić information content (AvgIpc) is 4.52. The molecule has 0 aromatic carbocycles. The molecule has 19 heteroatoms. The van der Waals surface area contributed by atoms with Crippen molar-refractivity contribution in [3.05, 3.63) is 0 Å². The summed E-state index contributed by atoms with van der Waals surface area (Å²) in [5.74, 6) is 48.4. The molecule has 4 saturated heterocycles. The first-order chi connectivity index (χ1) is 43.1. The van der Waals surface area contributed by atoms with Gasteiger partial charge in [0.2, 0.25) is 0 Å². The van der Waals surface area contributed by atoms with E-state index >= 15 is 0 Å². The highest BCUT2D eigenvalue weighted by molar-refractivity contribution is 8.11. The van der Waals surface area contributed by atoms with Gasteiger partial charge in [-0.15, -0.1) is 0 Å². The van der Waals surface area contributed by atoms with E-state index in [2.05, 4.69) is 223 Å². The second-order valence-corrected chi connectivity index (χ2v) is 51.3. The third-order valence-corrected chi connectivity index (χ3v) is 46.8. The molecule has 9 aliphatic carbocycles. The van der Waals surface area contributed by atoms with Crippen LogP contribution in [0.15, 0.2) is 0 Å². The Bertz CT molecular complexity index is 1630. The SMILES string of the molecule is C(CC1CSC(CCSCC2CC2)CS1)SCC1CC1.C(CC1SCC(CCSC2CC2)SC1CSCC1CC1)SCC1CC1.C(CSCC1CSC(CSCCSCC2CC2)CS1)SCC1CC1.C1CC1CSCC1CSC(CSCC2CC2)CS1. The predicted octanol–water partition coefficient (Wildman–Crippen LogP) is 22.3. The normalized spacial score (nSPS) is 30.8. The van der Waals surface area contributed by atoms with Crippen molar-refractivity contribution in [3.8, 4) is 0 Å². The predicted molar refractivity (Wildman–Crippen MR) is 448 cm³/mol. The summed E-state index contributed by atoms with van der Waals surface area (Å²) >= 11 is 42.8. The van der Waals surface area contributed by atoms with Gasteiger partial charge in [-0.2, -0.15) is 223 Å². The smallest absolute Gasteiger partial charge is 0.0260 e. The van der Waals surface area contributed by atoms with E-state index in [1.165, 1.54) is 302 Å². The van der Waals surface area contributed by atoms with Gasteiger partial charge in [0.1, 0.15) is 0 Å². The Hall–Kier alpha value is 6.65. The monoisotopic (exact) mass is 1540 g/mol. The van der Waals surface area contributed by atoms with Crippen LogP contribution in [0.4, 0.5) is 0 Å². The van der Waals surface area contributed by atoms with Crippen LogP contribution >= 0.6 is 223 Å². The van der Waals surface area contributed by atoms with Crippen molar-refractivity contribution in [3.63, 3.8) is 0 Å². The molecule has 9 saturated carbocycles. The van der Waals surface area contributed by atoms with Crippen molar-refractivity contribution >= 4 is 223 Å². The highest BCUT2D eigenvalue weighted by Gasteiger charge is 2.34. The average molecular weight is 1540 g/mol. The van der Waals surface area contributed by atoms with Crippen molar-refractivity contribution in [2.75, 3.05) is 161 Å². The summed E-state index contributed by atoms with van der Waals surface area (Å²) in [5, 5.41) is 9.51. The van der Waals surface area contributed by atoms with Crippen molar-refractivity contribution in [1.29, 1.82) is 0 Å². The van der Waals surface area contributed by atoms with Gasteiger partial charge in [0.25, 0.3) is 0 Å². The Morgan fingerprint density at radius 2 is 0.483 bits per heavy atom. The maximum atomic E-state index is 2.40. The van der Waals surface area contributed by atoms with E-state index in [9.17, 15) is 0 Å². The number of thioether (sulfide) groups is 19. The van der Waals surface area contributed by atoms with Crippen LogP contribution in [0.5, 0.6) is 0 Å². The van der Waals surface area contributed by atoms with E-state index in [-0.39, 0.29) is 0 Å². The first-order valence-electron chi connectivity index (χ1n) is 35.4. The number of hydrogen-bond acceptors (Lipinski definition) is 19. The van der Waals surface area contributed by atoms with Crippen molar-refractivity contribution in [2.45, 2.75) is 194 Å². The lowest BCUT2D eigenvalue weighted by Gasteiger charge is -2.35. The van der Waals surface area contributed by atoms with Crippen LogP contribution in [0.2, 0.25) is 0 Å². The molecule has 0 bridgehead atoms. The minimum atomic E-state index is 0.920. The molecule has 13 fully saturated rings. The summed E-state index contributed by atoms with van der Waals surface area (Å²) in [4.78, 5) is 0. The third kappa shape index (κ3) is 39.0. The quantitative estimate of drug-likeness (QED) is 0.0531. The van der Waals surface area contributed by atoms with Crippen LogP contribution in [0.25, 0.3) is 0 Å². The highest BCUT2D eigenvalue weighted by atomic mass is 32.2. The van der Waals surface area contributed by atoms with E-state index in [1.54, 1.807) is 0 Å². The van der Waals surface area contributed by atoms with Gasteiger partial charge in [-0.05, 0) is 258 Å². The lowest BCUT2D eigenvalue weighted by molar-refractivity contribution is 0.789. The lowest BCUT2D eigenvalue weighted by atomic mass is 10.2. The van der Waals surface area contributed by atoms with Crippen LogP contribution in [0.3, 0.4) is 0 Å². The van der Waals surface area contributed by atoms with Gasteiger partial charge >= 0.3 is 0 Å². The summed E-state index contributed by atoms with van der Waals surface area (Å²) in [5.41, 5.74) is 0. The van der Waals surface area contributed by atoms with Gasteiger partial charge in [-0.3, -0.25) is 0 Å². The fourth-order valence-electron chi connectivity index (χ4n) is 10.3. The Labute approximate surface area is 617 Å². The van der Waals surface area contributed by atoms with Crippen molar-refractivity contribution in [2.24, 2.45) is 47.3 Å². The van der Waals surface area contributed by atoms with Gasteiger partial charge in [0, 0.05) is 145 Å². The summed E-state index contributed by atoms with van der Waals surface area (Å²) < 4.78 is 0. The van der Waals surface area contributed by atoms with Crippen molar-refractivity contribution in [1.82, 2.24) is 0 Å². The second-order valence-electron chi connectivity index (χ2n) is 27.8. The van der Waals surface area contributed by atoms with Gasteiger partial charge in [0.05, 0.1) is 0 Å². The largest absolute Gasteiger partial charge is 0.162 e. The van der Waals surface area contributed by atoms with Crippen LogP contribution in [-0.4, -0.2) is 214 Å². The molecular formula is C68H118S19. The second kappa shape index (κ2) is 46.3. The van der Waals surface area contributed by atoms with Crippen molar-refractivity contribution < 1.29 is 0 Å². The Morgan fingerprint density at radius 1 is 0.207 bits per heavy atom. The molecule has 13 aliphatic rings. The van der Waals surface area contributed by atoms with Gasteiger partial charge < -0.3 is 0 Å². The van der Waals surface area contributed by atoms with E-state index in [4.69, 9.17) is 0 Å². The van der Waals surface area contributed by atoms with Gasteiger partial charge in [-0.25, -0.2) is 0 Å². The fourth-order valence-corrected chi connectivity index (χ4v) is 39.5. The number of hydrogen-bond donors (Lipinski definition) is 0.